The lowest BCUT2D eigenvalue weighted by molar-refractivity contribution is 0.272. The summed E-state index contributed by atoms with van der Waals surface area (Å²) in [6, 6.07) is 23.7. The van der Waals surface area contributed by atoms with Crippen LogP contribution in [0.3, 0.4) is 0 Å². The number of nitrogens with zero attached hydrogens (tertiary/aromatic N) is 4. The van der Waals surface area contributed by atoms with Crippen molar-refractivity contribution in [3.05, 3.63) is 78.0 Å². The quantitative estimate of drug-likeness (QED) is 0.425. The van der Waals surface area contributed by atoms with Crippen LogP contribution in [0.25, 0.3) is 33.7 Å². The van der Waals surface area contributed by atoms with Gasteiger partial charge in [0, 0.05) is 29.2 Å². The van der Waals surface area contributed by atoms with Crippen LogP contribution in [-0.2, 0) is 6.42 Å². The highest BCUT2D eigenvalue weighted by atomic mass is 15.2. The fourth-order valence-corrected chi connectivity index (χ4v) is 4.49. The minimum absolute atomic E-state index is 0.724. The molecule has 5 rings (SSSR count). The molecule has 0 N–H and O–H groups in total. The van der Waals surface area contributed by atoms with Gasteiger partial charge in [-0.05, 0) is 69.5 Å². The molecule has 1 aliphatic heterocycles. The smallest absolute Gasteiger partial charge is 0.160 e. The lowest BCUT2D eigenvalue weighted by Crippen LogP contribution is -2.28. The summed E-state index contributed by atoms with van der Waals surface area (Å²) in [5.41, 5.74) is 6.09. The first-order valence-electron chi connectivity index (χ1n) is 11.2. The molecule has 1 aliphatic rings. The molecule has 0 amide bonds. The van der Waals surface area contributed by atoms with Crippen LogP contribution < -0.4 is 0 Å². The number of rotatable bonds is 5. The van der Waals surface area contributed by atoms with Gasteiger partial charge in [0.1, 0.15) is 0 Å². The van der Waals surface area contributed by atoms with Crippen molar-refractivity contribution in [2.45, 2.75) is 39.2 Å². The summed E-state index contributed by atoms with van der Waals surface area (Å²) in [6.07, 6.45) is 3.76. The minimum atomic E-state index is 0.724. The zero-order valence-corrected chi connectivity index (χ0v) is 18.3. The predicted octanol–water partition coefficient (Wildman–Crippen LogP) is 5.69. The van der Waals surface area contributed by atoms with Crippen LogP contribution in [-0.4, -0.2) is 39.0 Å². The van der Waals surface area contributed by atoms with Gasteiger partial charge in [0.25, 0.3) is 0 Å². The van der Waals surface area contributed by atoms with Gasteiger partial charge in [-0.3, -0.25) is 0 Å². The Morgan fingerprint density at radius 2 is 1.77 bits per heavy atom. The van der Waals surface area contributed by atoms with E-state index in [2.05, 4.69) is 47.1 Å². The molecule has 1 saturated heterocycles. The van der Waals surface area contributed by atoms with Crippen molar-refractivity contribution in [1.82, 2.24) is 19.9 Å². The summed E-state index contributed by atoms with van der Waals surface area (Å²) in [5, 5.41) is 1.18. The summed E-state index contributed by atoms with van der Waals surface area (Å²) in [5.74, 6) is 0.740. The van der Waals surface area contributed by atoms with Gasteiger partial charge in [0.05, 0.1) is 16.9 Å². The number of hydrogen-bond acceptors (Lipinski definition) is 4. The first kappa shape index (κ1) is 19.8. The molecule has 4 aromatic rings. The van der Waals surface area contributed by atoms with E-state index in [9.17, 15) is 0 Å². The fourth-order valence-electron chi connectivity index (χ4n) is 4.49. The van der Waals surface area contributed by atoms with E-state index in [1.54, 1.807) is 0 Å². The molecule has 31 heavy (non-hydrogen) atoms. The van der Waals surface area contributed by atoms with Gasteiger partial charge >= 0.3 is 0 Å². The Bertz CT molecular complexity index is 1200. The molecule has 0 bridgehead atoms. The summed E-state index contributed by atoms with van der Waals surface area (Å²) in [6.45, 7) is 6.73. The largest absolute Gasteiger partial charge is 0.300 e. The van der Waals surface area contributed by atoms with E-state index < -0.39 is 0 Å². The number of aryl methyl sites for hydroxylation is 1. The molecule has 0 saturated carbocycles. The number of fused-ring (bicyclic) bond motifs is 1. The third kappa shape index (κ3) is 4.35. The van der Waals surface area contributed by atoms with Crippen molar-refractivity contribution < 1.29 is 0 Å². The highest BCUT2D eigenvalue weighted by Crippen LogP contribution is 2.24. The van der Waals surface area contributed by atoms with Crippen LogP contribution in [0.5, 0.6) is 0 Å². The van der Waals surface area contributed by atoms with Crippen LogP contribution >= 0.6 is 0 Å². The van der Waals surface area contributed by atoms with Gasteiger partial charge in [0.15, 0.2) is 5.82 Å². The number of hydrogen-bond donors (Lipinski definition) is 0. The van der Waals surface area contributed by atoms with Gasteiger partial charge in [-0.2, -0.15) is 0 Å². The number of aromatic nitrogens is 3. The van der Waals surface area contributed by atoms with E-state index in [-0.39, 0.29) is 0 Å². The lowest BCUT2D eigenvalue weighted by atomic mass is 10.1. The molecule has 1 unspecified atom stereocenters. The number of pyridine rings is 1. The monoisotopic (exact) mass is 408 g/mol. The second-order valence-electron chi connectivity index (χ2n) is 8.58. The maximum absolute atomic E-state index is 4.91. The van der Waals surface area contributed by atoms with E-state index in [4.69, 9.17) is 9.97 Å². The third-order valence-electron chi connectivity index (χ3n) is 6.28. The second-order valence-corrected chi connectivity index (χ2v) is 8.58. The molecule has 0 aliphatic carbocycles. The number of likely N-dealkylation sites (tertiary alicyclic amines) is 1. The van der Waals surface area contributed by atoms with E-state index in [0.29, 0.717) is 0 Å². The van der Waals surface area contributed by atoms with Crippen molar-refractivity contribution in [3.63, 3.8) is 0 Å². The zero-order valence-electron chi connectivity index (χ0n) is 18.3. The second kappa shape index (κ2) is 8.56. The van der Waals surface area contributed by atoms with Crippen LogP contribution in [0, 0.1) is 6.92 Å². The molecular weight excluding hydrogens is 380 g/mol. The molecule has 0 radical (unpaired) electrons. The molecule has 4 heteroatoms. The predicted molar refractivity (Wildman–Crippen MR) is 127 cm³/mol. The average molecular weight is 409 g/mol. The lowest BCUT2D eigenvalue weighted by Gasteiger charge is -2.20. The summed E-state index contributed by atoms with van der Waals surface area (Å²) >= 11 is 0. The fraction of sp³-hybridized carbons (Fsp3) is 0.296. The highest BCUT2D eigenvalue weighted by Gasteiger charge is 2.19. The van der Waals surface area contributed by atoms with Gasteiger partial charge in [-0.25, -0.2) is 15.0 Å². The Morgan fingerprint density at radius 1 is 0.903 bits per heavy atom. The Labute approximate surface area is 184 Å². The van der Waals surface area contributed by atoms with Gasteiger partial charge in [-0.15, -0.1) is 0 Å². The molecule has 156 valence electrons. The normalized spacial score (nSPS) is 16.8. The van der Waals surface area contributed by atoms with E-state index in [0.717, 1.165) is 53.0 Å². The molecule has 2 aromatic heterocycles. The van der Waals surface area contributed by atoms with E-state index in [1.165, 1.54) is 30.3 Å². The summed E-state index contributed by atoms with van der Waals surface area (Å²) in [4.78, 5) is 16.9. The van der Waals surface area contributed by atoms with Gasteiger partial charge in [-0.1, -0.05) is 42.5 Å². The average Bonchev–Trinajstić information content (AvgIpc) is 3.22. The van der Waals surface area contributed by atoms with Crippen LogP contribution in [0.4, 0.5) is 0 Å². The standard InChI is InChI=1S/C27H28N4/c1-19-17-26(30-27(28-19)22-8-4-3-5-9-22)25-13-11-23-18-21(10-12-24(23)29-25)14-16-31-15-6-7-20(31)2/h3-5,8-13,17-18,20H,6-7,14-16H2,1-2H3. The van der Waals surface area contributed by atoms with Gasteiger partial charge < -0.3 is 4.90 Å². The van der Waals surface area contributed by atoms with E-state index in [1.807, 2.05) is 43.3 Å². The van der Waals surface area contributed by atoms with Crippen molar-refractivity contribution in [3.8, 4) is 22.8 Å². The van der Waals surface area contributed by atoms with Crippen molar-refractivity contribution in [1.29, 1.82) is 0 Å². The van der Waals surface area contributed by atoms with Crippen molar-refractivity contribution in [2.24, 2.45) is 0 Å². The Balaban J connectivity index is 1.40. The topological polar surface area (TPSA) is 41.9 Å². The maximum Gasteiger partial charge on any atom is 0.160 e. The highest BCUT2D eigenvalue weighted by molar-refractivity contribution is 5.82. The van der Waals surface area contributed by atoms with E-state index >= 15 is 0 Å². The third-order valence-corrected chi connectivity index (χ3v) is 6.28. The van der Waals surface area contributed by atoms with Crippen LogP contribution in [0.15, 0.2) is 66.7 Å². The summed E-state index contributed by atoms with van der Waals surface area (Å²) in [7, 11) is 0. The van der Waals surface area contributed by atoms with Crippen LogP contribution in [0.2, 0.25) is 0 Å². The first-order valence-corrected chi connectivity index (χ1v) is 11.2. The number of benzene rings is 2. The SMILES string of the molecule is Cc1cc(-c2ccc3cc(CCN4CCCC4C)ccc3n2)nc(-c2ccccc2)n1. The van der Waals surface area contributed by atoms with Gasteiger partial charge in [0.2, 0.25) is 0 Å². The Morgan fingerprint density at radius 3 is 2.58 bits per heavy atom. The molecular formula is C27H28N4. The van der Waals surface area contributed by atoms with Crippen molar-refractivity contribution in [2.75, 3.05) is 13.1 Å². The zero-order chi connectivity index (χ0) is 21.2. The molecule has 2 aromatic carbocycles. The Kier molecular flexibility index (Phi) is 5.47. The Hall–Kier alpha value is -3.11. The van der Waals surface area contributed by atoms with Crippen molar-refractivity contribution >= 4 is 10.9 Å². The van der Waals surface area contributed by atoms with Crippen LogP contribution in [0.1, 0.15) is 31.0 Å². The molecule has 1 fully saturated rings. The first-order chi connectivity index (χ1) is 15.2. The summed E-state index contributed by atoms with van der Waals surface area (Å²) < 4.78 is 0. The maximum atomic E-state index is 4.91. The molecule has 4 nitrogen and oxygen atoms in total. The molecule has 0 spiro atoms. The minimum Gasteiger partial charge on any atom is -0.300 e. The molecule has 3 heterocycles. The molecule has 1 atom stereocenters.